The average Bonchev–Trinajstić information content (AvgIpc) is 2.63. The van der Waals surface area contributed by atoms with E-state index in [0.717, 1.165) is 23.0 Å². The van der Waals surface area contributed by atoms with Gasteiger partial charge in [0.1, 0.15) is 6.10 Å². The lowest BCUT2D eigenvalue weighted by Gasteiger charge is -2.21. The van der Waals surface area contributed by atoms with Crippen LogP contribution in [0, 0.1) is 0 Å². The highest BCUT2D eigenvalue weighted by molar-refractivity contribution is 14.1. The van der Waals surface area contributed by atoms with Gasteiger partial charge in [0.2, 0.25) is 0 Å². The van der Waals surface area contributed by atoms with E-state index >= 15 is 0 Å². The van der Waals surface area contributed by atoms with Crippen LogP contribution in [0.15, 0.2) is 24.4 Å². The van der Waals surface area contributed by atoms with Gasteiger partial charge in [-0.1, -0.05) is 28.7 Å². The fourth-order valence-corrected chi connectivity index (χ4v) is 2.33. The van der Waals surface area contributed by atoms with E-state index in [2.05, 4.69) is 34.5 Å². The number of hydrogen-bond donors (Lipinski definition) is 0. The number of nitrogens with zero attached hydrogens (tertiary/aromatic N) is 1. The number of pyridine rings is 1. The van der Waals surface area contributed by atoms with Gasteiger partial charge in [0, 0.05) is 10.6 Å². The van der Waals surface area contributed by atoms with Crippen molar-refractivity contribution in [3.63, 3.8) is 0 Å². The van der Waals surface area contributed by atoms with E-state index in [9.17, 15) is 0 Å². The number of rotatable bonds is 2. The van der Waals surface area contributed by atoms with Crippen molar-refractivity contribution in [2.45, 2.75) is 31.5 Å². The van der Waals surface area contributed by atoms with Gasteiger partial charge in [-0.05, 0) is 31.9 Å². The lowest BCUT2D eigenvalue weighted by Crippen LogP contribution is -2.25. The lowest BCUT2D eigenvalue weighted by molar-refractivity contribution is -0.0127. The fourth-order valence-electron chi connectivity index (χ4n) is 1.77. The number of halogens is 1. The Bertz CT molecular complexity index is 303. The monoisotopic (exact) mass is 303 g/mol. The summed E-state index contributed by atoms with van der Waals surface area (Å²) in [5.74, 6) is 0. The van der Waals surface area contributed by atoms with Crippen molar-refractivity contribution in [1.82, 2.24) is 4.98 Å². The number of ether oxygens (including phenoxy) is 1. The molecule has 0 saturated carbocycles. The van der Waals surface area contributed by atoms with E-state index in [0.29, 0.717) is 0 Å². The first-order valence-corrected chi connectivity index (χ1v) is 6.41. The zero-order valence-corrected chi connectivity index (χ0v) is 10.4. The Balaban J connectivity index is 2.10. The number of alkyl halides is 1. The first-order chi connectivity index (χ1) is 6.73. The van der Waals surface area contributed by atoms with Crippen molar-refractivity contribution in [1.29, 1.82) is 0 Å². The van der Waals surface area contributed by atoms with Crippen LogP contribution in [0.5, 0.6) is 0 Å². The van der Waals surface area contributed by atoms with Gasteiger partial charge in [-0.25, -0.2) is 0 Å². The van der Waals surface area contributed by atoms with Crippen LogP contribution in [0.1, 0.15) is 31.6 Å². The van der Waals surface area contributed by atoms with Crippen LogP contribution in [0.3, 0.4) is 0 Å². The highest BCUT2D eigenvalue weighted by Crippen LogP contribution is 2.39. The molecule has 2 atom stereocenters. The Labute approximate surface area is 98.2 Å². The minimum atomic E-state index is 0.0583. The summed E-state index contributed by atoms with van der Waals surface area (Å²) in [5, 5.41) is 0. The number of aromatic nitrogens is 1. The fraction of sp³-hybridized carbons (Fsp3) is 0.545. The summed E-state index contributed by atoms with van der Waals surface area (Å²) in [6.07, 6.45) is 4.27. The molecule has 2 unspecified atom stereocenters. The van der Waals surface area contributed by atoms with Gasteiger partial charge >= 0.3 is 0 Å². The second-order valence-electron chi connectivity index (χ2n) is 3.98. The predicted octanol–water partition coefficient (Wildman–Crippen LogP) is 3.13. The van der Waals surface area contributed by atoms with Gasteiger partial charge in [-0.3, -0.25) is 4.98 Å². The number of hydrogen-bond acceptors (Lipinski definition) is 2. The molecule has 1 fully saturated rings. The molecule has 3 heteroatoms. The standard InChI is InChI=1S/C11H14INO/c1-11(8-12)6-5-10(14-11)9-4-2-3-7-13-9/h2-4,7,10H,5-6,8H2,1H3. The third kappa shape index (κ3) is 2.08. The molecule has 76 valence electrons. The average molecular weight is 303 g/mol. The quantitative estimate of drug-likeness (QED) is 0.618. The largest absolute Gasteiger partial charge is 0.365 e. The molecule has 2 rings (SSSR count). The van der Waals surface area contributed by atoms with Crippen molar-refractivity contribution in [3.8, 4) is 0 Å². The SMILES string of the molecule is CC1(CI)CCC(c2ccccn2)O1. The molecule has 2 heterocycles. The summed E-state index contributed by atoms with van der Waals surface area (Å²) in [6.45, 7) is 2.18. The Morgan fingerprint density at radius 2 is 2.50 bits per heavy atom. The van der Waals surface area contributed by atoms with E-state index in [4.69, 9.17) is 4.74 Å². The van der Waals surface area contributed by atoms with Gasteiger partial charge in [0.05, 0.1) is 11.3 Å². The zero-order chi connectivity index (χ0) is 10.0. The molecule has 0 N–H and O–H groups in total. The maximum Gasteiger partial charge on any atom is 0.100 e. The molecule has 0 aromatic carbocycles. The second kappa shape index (κ2) is 4.14. The normalized spacial score (nSPS) is 32.0. The first kappa shape index (κ1) is 10.4. The lowest BCUT2D eigenvalue weighted by atomic mass is 10.0. The molecule has 1 aromatic rings. The molecule has 1 aromatic heterocycles. The summed E-state index contributed by atoms with van der Waals surface area (Å²) in [4.78, 5) is 4.33. The van der Waals surface area contributed by atoms with E-state index in [1.165, 1.54) is 0 Å². The molecule has 1 saturated heterocycles. The molecule has 2 nitrogen and oxygen atoms in total. The molecule has 0 bridgehead atoms. The van der Waals surface area contributed by atoms with Gasteiger partial charge in [0.25, 0.3) is 0 Å². The van der Waals surface area contributed by atoms with Crippen LogP contribution in [0.2, 0.25) is 0 Å². The van der Waals surface area contributed by atoms with Crippen LogP contribution in [-0.2, 0) is 4.74 Å². The maximum atomic E-state index is 6.01. The van der Waals surface area contributed by atoms with Crippen LogP contribution >= 0.6 is 22.6 Å². The predicted molar refractivity (Wildman–Crippen MR) is 64.6 cm³/mol. The molecular formula is C11H14INO. The Kier molecular flexibility index (Phi) is 3.07. The van der Waals surface area contributed by atoms with Crippen molar-refractivity contribution < 1.29 is 4.74 Å². The Morgan fingerprint density at radius 3 is 3.07 bits per heavy atom. The topological polar surface area (TPSA) is 22.1 Å². The first-order valence-electron chi connectivity index (χ1n) is 4.88. The van der Waals surface area contributed by atoms with E-state index < -0.39 is 0 Å². The third-order valence-corrected chi connectivity index (χ3v) is 4.28. The minimum Gasteiger partial charge on any atom is -0.365 e. The molecule has 0 spiro atoms. The zero-order valence-electron chi connectivity index (χ0n) is 8.24. The molecule has 1 aliphatic rings. The van der Waals surface area contributed by atoms with Gasteiger partial charge < -0.3 is 4.74 Å². The van der Waals surface area contributed by atoms with E-state index in [-0.39, 0.29) is 11.7 Å². The summed E-state index contributed by atoms with van der Waals surface area (Å²) < 4.78 is 7.06. The van der Waals surface area contributed by atoms with Crippen LogP contribution in [0.4, 0.5) is 0 Å². The van der Waals surface area contributed by atoms with Gasteiger partial charge in [-0.2, -0.15) is 0 Å². The van der Waals surface area contributed by atoms with Gasteiger partial charge in [0.15, 0.2) is 0 Å². The molecule has 14 heavy (non-hydrogen) atoms. The molecule has 0 amide bonds. The van der Waals surface area contributed by atoms with Crippen molar-refractivity contribution in [2.24, 2.45) is 0 Å². The molecule has 0 radical (unpaired) electrons. The third-order valence-electron chi connectivity index (χ3n) is 2.66. The molecular weight excluding hydrogens is 289 g/mol. The second-order valence-corrected chi connectivity index (χ2v) is 4.75. The van der Waals surface area contributed by atoms with Crippen LogP contribution in [-0.4, -0.2) is 15.0 Å². The van der Waals surface area contributed by atoms with Crippen molar-refractivity contribution in [2.75, 3.05) is 4.43 Å². The van der Waals surface area contributed by atoms with E-state index in [1.807, 2.05) is 24.4 Å². The van der Waals surface area contributed by atoms with Crippen molar-refractivity contribution >= 4 is 22.6 Å². The molecule has 0 aliphatic carbocycles. The summed E-state index contributed by atoms with van der Waals surface area (Å²) in [5.41, 5.74) is 1.13. The minimum absolute atomic E-state index is 0.0583. The van der Waals surface area contributed by atoms with E-state index in [1.54, 1.807) is 0 Å². The summed E-state index contributed by atoms with van der Waals surface area (Å²) in [6, 6.07) is 6.00. The summed E-state index contributed by atoms with van der Waals surface area (Å²) >= 11 is 2.39. The maximum absolute atomic E-state index is 6.01. The highest BCUT2D eigenvalue weighted by Gasteiger charge is 2.36. The highest BCUT2D eigenvalue weighted by atomic mass is 127. The van der Waals surface area contributed by atoms with Crippen LogP contribution < -0.4 is 0 Å². The van der Waals surface area contributed by atoms with Crippen LogP contribution in [0.25, 0.3) is 0 Å². The smallest absolute Gasteiger partial charge is 0.100 e. The van der Waals surface area contributed by atoms with Gasteiger partial charge in [-0.15, -0.1) is 0 Å². The molecule has 1 aliphatic heterocycles. The van der Waals surface area contributed by atoms with Crippen molar-refractivity contribution in [3.05, 3.63) is 30.1 Å². The Hall–Kier alpha value is -0.160. The summed E-state index contributed by atoms with van der Waals surface area (Å²) in [7, 11) is 0. The Morgan fingerprint density at radius 1 is 1.64 bits per heavy atom.